The Balaban J connectivity index is 2.00. The lowest BCUT2D eigenvalue weighted by molar-refractivity contribution is -0.146. The van der Waals surface area contributed by atoms with Crippen molar-refractivity contribution in [1.82, 2.24) is 14.8 Å². The highest BCUT2D eigenvalue weighted by atomic mass is 32.2. The molecule has 0 saturated heterocycles. The minimum atomic E-state index is -3.68. The molecule has 2 aromatic heterocycles. The van der Waals surface area contributed by atoms with Crippen molar-refractivity contribution in [1.29, 1.82) is 0 Å². The topological polar surface area (TPSA) is 116 Å². The Bertz CT molecular complexity index is 1450. The number of aliphatic imine (C=N–C) groups is 1. The van der Waals surface area contributed by atoms with Gasteiger partial charge in [-0.25, -0.2) is 8.42 Å². The van der Waals surface area contributed by atoms with Gasteiger partial charge in [0.1, 0.15) is 16.9 Å². The molecule has 2 unspecified atom stereocenters. The van der Waals surface area contributed by atoms with E-state index in [2.05, 4.69) is 21.5 Å². The first-order valence-electron chi connectivity index (χ1n) is 11.1. The SMILES string of the molecule is C=CS(=O)(=O)Nc1cccc(C2=NC(C(CC)C(=O)OC)c3nnc(C)n3-c3sc(C)c(C)c32)c1. The van der Waals surface area contributed by atoms with Crippen molar-refractivity contribution in [3.05, 3.63) is 69.5 Å². The predicted octanol–water partition coefficient (Wildman–Crippen LogP) is 4.23. The number of fused-ring (bicyclic) bond motifs is 3. The summed E-state index contributed by atoms with van der Waals surface area (Å²) >= 11 is 1.60. The molecule has 11 heteroatoms. The van der Waals surface area contributed by atoms with E-state index in [1.54, 1.807) is 29.5 Å². The number of esters is 1. The van der Waals surface area contributed by atoms with Crippen LogP contribution in [0.2, 0.25) is 0 Å². The van der Waals surface area contributed by atoms with E-state index in [-0.39, 0.29) is 5.97 Å². The molecule has 9 nitrogen and oxygen atoms in total. The standard InChI is InChI=1S/C24H27N5O4S2/c1-7-18(24(30)33-6)21-22-27-26-15(5)29(22)23-19(13(3)14(4)34-23)20(25-21)16-10-9-11-17(12-16)28-35(31,32)8-2/h8-12,18,21,28H,2,7H2,1,3-6H3. The van der Waals surface area contributed by atoms with E-state index in [9.17, 15) is 13.2 Å². The van der Waals surface area contributed by atoms with Crippen molar-refractivity contribution in [2.24, 2.45) is 10.9 Å². The minimum Gasteiger partial charge on any atom is -0.469 e. The number of carbonyl (C=O) groups excluding carboxylic acids is 1. The zero-order chi connectivity index (χ0) is 25.5. The number of aryl methyl sites for hydroxylation is 2. The molecule has 3 heterocycles. The largest absolute Gasteiger partial charge is 0.469 e. The molecule has 3 aromatic rings. The number of hydrogen-bond donors (Lipinski definition) is 1. The maximum Gasteiger partial charge on any atom is 0.311 e. The van der Waals surface area contributed by atoms with E-state index in [1.165, 1.54) is 7.11 Å². The monoisotopic (exact) mass is 513 g/mol. The number of thiophene rings is 1. The third-order valence-corrected chi connectivity index (χ3v) is 8.28. The van der Waals surface area contributed by atoms with Crippen molar-refractivity contribution in [2.75, 3.05) is 11.8 Å². The van der Waals surface area contributed by atoms with Gasteiger partial charge < -0.3 is 4.74 Å². The van der Waals surface area contributed by atoms with Crippen LogP contribution in [-0.4, -0.2) is 42.0 Å². The molecule has 2 atom stereocenters. The first-order valence-corrected chi connectivity index (χ1v) is 13.4. The molecule has 0 saturated carbocycles. The number of nitrogens with zero attached hydrogens (tertiary/aromatic N) is 4. The number of methoxy groups -OCH3 is 1. The van der Waals surface area contributed by atoms with Gasteiger partial charge in [0.2, 0.25) is 0 Å². The Labute approximate surface area is 208 Å². The summed E-state index contributed by atoms with van der Waals surface area (Å²) in [5.74, 6) is 0.311. The third kappa shape index (κ3) is 4.41. The Kier molecular flexibility index (Phi) is 6.65. The van der Waals surface area contributed by atoms with Crippen LogP contribution < -0.4 is 4.72 Å². The summed E-state index contributed by atoms with van der Waals surface area (Å²) in [7, 11) is -2.32. The summed E-state index contributed by atoms with van der Waals surface area (Å²) in [6.07, 6.45) is 0.491. The number of aromatic nitrogens is 3. The smallest absolute Gasteiger partial charge is 0.311 e. The highest BCUT2D eigenvalue weighted by Crippen LogP contribution is 2.41. The molecule has 1 aliphatic heterocycles. The maximum atomic E-state index is 12.8. The Morgan fingerprint density at radius 2 is 2.06 bits per heavy atom. The van der Waals surface area contributed by atoms with Crippen LogP contribution in [0.25, 0.3) is 5.00 Å². The fraction of sp³-hybridized carbons (Fsp3) is 0.333. The van der Waals surface area contributed by atoms with E-state index >= 15 is 0 Å². The van der Waals surface area contributed by atoms with Gasteiger partial charge in [0.25, 0.3) is 10.0 Å². The summed E-state index contributed by atoms with van der Waals surface area (Å²) in [6.45, 7) is 11.2. The Morgan fingerprint density at radius 3 is 2.71 bits per heavy atom. The lowest BCUT2D eigenvalue weighted by Gasteiger charge is -2.20. The molecule has 184 valence electrons. The molecular weight excluding hydrogens is 486 g/mol. The third-order valence-electron chi connectivity index (χ3n) is 6.13. The molecule has 0 amide bonds. The second-order valence-corrected chi connectivity index (χ2v) is 11.1. The zero-order valence-corrected chi connectivity index (χ0v) is 21.8. The van der Waals surface area contributed by atoms with Crippen molar-refractivity contribution in [3.8, 4) is 5.00 Å². The number of sulfonamides is 1. The van der Waals surface area contributed by atoms with E-state index in [0.717, 1.165) is 26.4 Å². The van der Waals surface area contributed by atoms with Crippen molar-refractivity contribution in [3.63, 3.8) is 0 Å². The van der Waals surface area contributed by atoms with Crippen molar-refractivity contribution in [2.45, 2.75) is 40.2 Å². The molecule has 0 bridgehead atoms. The van der Waals surface area contributed by atoms with Crippen molar-refractivity contribution >= 4 is 38.7 Å². The first kappa shape index (κ1) is 24.8. The Hall–Kier alpha value is -3.31. The van der Waals surface area contributed by atoms with E-state index in [4.69, 9.17) is 9.73 Å². The van der Waals surface area contributed by atoms with E-state index in [0.29, 0.717) is 35.0 Å². The summed E-state index contributed by atoms with van der Waals surface area (Å²) in [5.41, 5.74) is 3.69. The number of rotatable bonds is 7. The van der Waals surface area contributed by atoms with Crippen LogP contribution in [0, 0.1) is 26.7 Å². The minimum absolute atomic E-state index is 0.376. The molecule has 0 aliphatic carbocycles. The van der Waals surface area contributed by atoms with Crippen LogP contribution in [0.4, 0.5) is 5.69 Å². The average Bonchev–Trinajstić information content (AvgIpc) is 3.30. The fourth-order valence-corrected chi connectivity index (χ4v) is 5.98. The second kappa shape index (κ2) is 9.38. The van der Waals surface area contributed by atoms with Gasteiger partial charge in [0.05, 0.1) is 18.7 Å². The van der Waals surface area contributed by atoms with Crippen LogP contribution in [0.1, 0.15) is 52.6 Å². The summed E-state index contributed by atoms with van der Waals surface area (Å²) in [5, 5.41) is 10.5. The van der Waals surface area contributed by atoms with Gasteiger partial charge in [0, 0.05) is 27.1 Å². The van der Waals surface area contributed by atoms with E-state index in [1.807, 2.05) is 38.3 Å². The number of hydrogen-bond acceptors (Lipinski definition) is 8. The number of anilines is 1. The van der Waals surface area contributed by atoms with Crippen LogP contribution in [0.3, 0.4) is 0 Å². The molecular formula is C24H27N5O4S2. The molecule has 4 rings (SSSR count). The van der Waals surface area contributed by atoms with Gasteiger partial charge in [-0.3, -0.25) is 19.1 Å². The quantitative estimate of drug-likeness (QED) is 0.473. The van der Waals surface area contributed by atoms with Gasteiger partial charge in [-0.15, -0.1) is 21.5 Å². The molecule has 0 radical (unpaired) electrons. The molecule has 0 spiro atoms. The van der Waals surface area contributed by atoms with Gasteiger partial charge in [-0.05, 0) is 44.9 Å². The Morgan fingerprint density at radius 1 is 1.31 bits per heavy atom. The highest BCUT2D eigenvalue weighted by Gasteiger charge is 2.38. The van der Waals surface area contributed by atoms with Gasteiger partial charge in [-0.1, -0.05) is 25.6 Å². The normalized spacial score (nSPS) is 15.9. The van der Waals surface area contributed by atoms with Gasteiger partial charge in [0.15, 0.2) is 5.82 Å². The lowest BCUT2D eigenvalue weighted by Crippen LogP contribution is -2.24. The average molecular weight is 514 g/mol. The molecule has 1 aliphatic rings. The van der Waals surface area contributed by atoms with Crippen LogP contribution >= 0.6 is 11.3 Å². The lowest BCUT2D eigenvalue weighted by atomic mass is 9.95. The fourth-order valence-electron chi connectivity index (χ4n) is 4.22. The molecule has 0 fully saturated rings. The van der Waals surface area contributed by atoms with Crippen LogP contribution in [0.15, 0.2) is 41.2 Å². The van der Waals surface area contributed by atoms with Gasteiger partial charge in [-0.2, -0.15) is 0 Å². The first-order chi connectivity index (χ1) is 16.6. The summed E-state index contributed by atoms with van der Waals surface area (Å²) in [6, 6.07) is 6.38. The molecule has 1 aromatic carbocycles. The molecule has 35 heavy (non-hydrogen) atoms. The summed E-state index contributed by atoms with van der Waals surface area (Å²) < 4.78 is 33.7. The van der Waals surface area contributed by atoms with E-state index < -0.39 is 22.0 Å². The van der Waals surface area contributed by atoms with Crippen LogP contribution in [-0.2, 0) is 19.6 Å². The maximum absolute atomic E-state index is 12.8. The number of ether oxygens (including phenoxy) is 1. The zero-order valence-electron chi connectivity index (χ0n) is 20.2. The summed E-state index contributed by atoms with van der Waals surface area (Å²) in [4.78, 5) is 19.0. The number of benzene rings is 1. The number of nitrogens with one attached hydrogen (secondary N) is 1. The van der Waals surface area contributed by atoms with Gasteiger partial charge >= 0.3 is 5.97 Å². The van der Waals surface area contributed by atoms with Crippen LogP contribution in [0.5, 0.6) is 0 Å². The highest BCUT2D eigenvalue weighted by molar-refractivity contribution is 7.95. The number of carbonyl (C=O) groups is 1. The molecule has 1 N–H and O–H groups in total. The predicted molar refractivity (Wildman–Crippen MR) is 137 cm³/mol. The van der Waals surface area contributed by atoms with Crippen molar-refractivity contribution < 1.29 is 17.9 Å². The second-order valence-electron chi connectivity index (χ2n) is 8.26.